The Morgan fingerprint density at radius 2 is 0.951 bits per heavy atom. The molecule has 61 heavy (non-hydrogen) atoms. The Morgan fingerprint density at radius 3 is 1.46 bits per heavy atom. The molecule has 0 heterocycles. The Kier molecular flexibility index (Phi) is 47.1. The normalized spacial score (nSPS) is 13.6. The molecule has 0 saturated carbocycles. The summed E-state index contributed by atoms with van der Waals surface area (Å²) in [5, 5.41) is 23.8. The lowest BCUT2D eigenvalue weighted by atomic mass is 10.0. The molecule has 0 aromatic carbocycles. The van der Waals surface area contributed by atoms with E-state index in [2.05, 4.69) is 74.7 Å². The van der Waals surface area contributed by atoms with Crippen LogP contribution in [0.25, 0.3) is 0 Å². The highest BCUT2D eigenvalue weighted by molar-refractivity contribution is 5.77. The van der Waals surface area contributed by atoms with Crippen LogP contribution in [0.5, 0.6) is 0 Å². The molecule has 3 atom stereocenters. The van der Waals surface area contributed by atoms with Crippen molar-refractivity contribution in [2.24, 2.45) is 0 Å². The summed E-state index contributed by atoms with van der Waals surface area (Å²) < 4.78 is 5.91. The van der Waals surface area contributed by atoms with Crippen LogP contribution in [0.3, 0.4) is 0 Å². The van der Waals surface area contributed by atoms with Gasteiger partial charge in [-0.25, -0.2) is 0 Å². The second kappa shape index (κ2) is 48.8. The number of ether oxygens (including phenoxy) is 1. The lowest BCUT2D eigenvalue weighted by molar-refractivity contribution is -0.151. The van der Waals surface area contributed by atoms with Crippen molar-refractivity contribution in [1.82, 2.24) is 5.32 Å². The quantitative estimate of drug-likeness (QED) is 0.0245. The van der Waals surface area contributed by atoms with E-state index in [0.29, 0.717) is 19.3 Å². The van der Waals surface area contributed by atoms with Crippen molar-refractivity contribution in [1.29, 1.82) is 0 Å². The van der Waals surface area contributed by atoms with Crippen molar-refractivity contribution in [3.8, 4) is 0 Å². The van der Waals surface area contributed by atoms with Gasteiger partial charge in [-0.2, -0.15) is 0 Å². The van der Waals surface area contributed by atoms with Crippen LogP contribution in [0.4, 0.5) is 0 Å². The minimum atomic E-state index is -0.800. The van der Waals surface area contributed by atoms with Gasteiger partial charge in [0.05, 0.1) is 25.2 Å². The number of hydrogen-bond donors (Lipinski definition) is 3. The molecule has 3 N–H and O–H groups in total. The zero-order valence-corrected chi connectivity index (χ0v) is 40.5. The van der Waals surface area contributed by atoms with E-state index in [4.69, 9.17) is 4.74 Å². The summed E-state index contributed by atoms with van der Waals surface area (Å²) in [4.78, 5) is 26.1. The average Bonchev–Trinajstić information content (AvgIpc) is 3.25. The lowest BCUT2D eigenvalue weighted by Crippen LogP contribution is -2.46. The van der Waals surface area contributed by atoms with Gasteiger partial charge >= 0.3 is 5.97 Å². The van der Waals surface area contributed by atoms with E-state index >= 15 is 0 Å². The number of hydrogen-bond acceptors (Lipinski definition) is 5. The summed E-state index contributed by atoms with van der Waals surface area (Å²) >= 11 is 0. The number of esters is 1. The second-order valence-corrected chi connectivity index (χ2v) is 17.9. The van der Waals surface area contributed by atoms with Crippen LogP contribution in [-0.2, 0) is 14.3 Å². The molecule has 0 saturated heterocycles. The third-order valence-electron chi connectivity index (χ3n) is 11.9. The summed E-state index contributed by atoms with van der Waals surface area (Å²) in [7, 11) is 0. The predicted molar refractivity (Wildman–Crippen MR) is 264 cm³/mol. The summed E-state index contributed by atoms with van der Waals surface area (Å²) in [5.74, 6) is -0.525. The Balaban J connectivity index is 4.63. The van der Waals surface area contributed by atoms with Crippen molar-refractivity contribution in [2.75, 3.05) is 6.61 Å². The molecule has 0 rings (SSSR count). The molecule has 0 bridgehead atoms. The topological polar surface area (TPSA) is 95.9 Å². The van der Waals surface area contributed by atoms with Crippen molar-refractivity contribution < 1.29 is 24.5 Å². The summed E-state index contributed by atoms with van der Waals surface area (Å²) in [6.45, 7) is 6.37. The Hall–Kier alpha value is -2.18. The van der Waals surface area contributed by atoms with Crippen molar-refractivity contribution >= 4 is 11.9 Å². The van der Waals surface area contributed by atoms with Gasteiger partial charge in [0.25, 0.3) is 0 Å². The van der Waals surface area contributed by atoms with E-state index in [-0.39, 0.29) is 24.9 Å². The molecule has 0 fully saturated rings. The molecule has 356 valence electrons. The van der Waals surface area contributed by atoms with Gasteiger partial charge in [-0.05, 0) is 70.6 Å². The van der Waals surface area contributed by atoms with E-state index in [1.54, 1.807) is 0 Å². The van der Waals surface area contributed by atoms with E-state index in [9.17, 15) is 19.8 Å². The van der Waals surface area contributed by atoms with E-state index < -0.39 is 18.2 Å². The van der Waals surface area contributed by atoms with Gasteiger partial charge < -0.3 is 20.3 Å². The van der Waals surface area contributed by atoms with Crippen LogP contribution < -0.4 is 5.32 Å². The minimum Gasteiger partial charge on any atom is -0.462 e. The molecular formula is C55H101NO5. The minimum absolute atomic E-state index is 0.0422. The number of unbranched alkanes of at least 4 members (excludes halogenated alkanes) is 28. The molecular weight excluding hydrogens is 755 g/mol. The van der Waals surface area contributed by atoms with Gasteiger partial charge in [-0.15, -0.1) is 0 Å². The Morgan fingerprint density at radius 1 is 0.508 bits per heavy atom. The maximum atomic E-state index is 13.2. The molecule has 0 spiro atoms. The molecule has 3 unspecified atom stereocenters. The number of nitrogens with one attached hydrogen (secondary N) is 1. The molecule has 0 aliphatic rings. The number of amides is 1. The fourth-order valence-electron chi connectivity index (χ4n) is 7.94. The van der Waals surface area contributed by atoms with Crippen molar-refractivity contribution in [2.45, 2.75) is 283 Å². The number of aliphatic hydroxyl groups excluding tert-OH is 2. The lowest BCUT2D eigenvalue weighted by Gasteiger charge is -2.24. The van der Waals surface area contributed by atoms with Crippen LogP contribution in [0, 0.1) is 0 Å². The van der Waals surface area contributed by atoms with Crippen LogP contribution in [-0.4, -0.2) is 46.9 Å². The van der Waals surface area contributed by atoms with Gasteiger partial charge in [0.15, 0.2) is 0 Å². The second-order valence-electron chi connectivity index (χ2n) is 17.9. The molecule has 6 heteroatoms. The first kappa shape index (κ1) is 58.8. The number of carbonyl (C=O) groups excluding carboxylic acids is 2. The Labute approximate surface area is 378 Å². The summed E-state index contributed by atoms with van der Waals surface area (Å²) in [6.07, 6.45) is 58.9. The van der Waals surface area contributed by atoms with Gasteiger partial charge in [-0.1, -0.05) is 230 Å². The monoisotopic (exact) mass is 856 g/mol. The van der Waals surface area contributed by atoms with Crippen LogP contribution in [0.2, 0.25) is 0 Å². The van der Waals surface area contributed by atoms with Crippen LogP contribution in [0.1, 0.15) is 265 Å². The van der Waals surface area contributed by atoms with E-state index in [1.807, 2.05) is 0 Å². The van der Waals surface area contributed by atoms with E-state index in [0.717, 1.165) is 77.0 Å². The zero-order valence-electron chi connectivity index (χ0n) is 40.5. The molecule has 6 nitrogen and oxygen atoms in total. The predicted octanol–water partition coefficient (Wildman–Crippen LogP) is 15.8. The van der Waals surface area contributed by atoms with Crippen LogP contribution in [0.15, 0.2) is 48.6 Å². The highest BCUT2D eigenvalue weighted by Crippen LogP contribution is 2.17. The van der Waals surface area contributed by atoms with Gasteiger partial charge in [0, 0.05) is 6.42 Å². The first-order valence-corrected chi connectivity index (χ1v) is 26.4. The molecule has 1 amide bonds. The highest BCUT2D eigenvalue weighted by atomic mass is 16.5. The fraction of sp³-hybridized carbons (Fsp3) is 0.818. The maximum Gasteiger partial charge on any atom is 0.306 e. The molecule has 0 aliphatic heterocycles. The largest absolute Gasteiger partial charge is 0.462 e. The maximum absolute atomic E-state index is 13.2. The van der Waals surface area contributed by atoms with Crippen molar-refractivity contribution in [3.63, 3.8) is 0 Å². The third-order valence-corrected chi connectivity index (χ3v) is 11.9. The standard InChI is InChI=1S/C55H101NO5/c1-4-7-10-13-16-19-22-25-28-31-34-37-40-43-46-51(61-55(60)48-45-42-39-36-33-30-27-24-21-18-15-12-9-6-3)49-54(59)56-52(50-57)53(58)47-44-41-38-35-32-29-26-23-20-17-14-11-8-5-2/h9,12,18,21,28,31,34,37,51-53,57-58H,4-8,10-11,13-17,19-20,22-27,29-30,32-33,35-36,38-50H2,1-3H3,(H,56,59)/b12-9+,21-18+,31-28+,37-34+. The number of aliphatic hydroxyl groups is 2. The molecule has 0 aromatic rings. The molecule has 0 radical (unpaired) electrons. The van der Waals surface area contributed by atoms with Crippen LogP contribution >= 0.6 is 0 Å². The zero-order chi connectivity index (χ0) is 44.5. The SMILES string of the molecule is CC/C=C/C/C=C/CCCCCCCCCC(=O)OC(CCC/C=C/C=C/CCCCCCCCC)CC(=O)NC(CO)C(O)CCCCCCCCCCCCCCCC. The number of allylic oxidation sites excluding steroid dienone is 8. The Bertz CT molecular complexity index is 1050. The first-order chi connectivity index (χ1) is 30.0. The number of carbonyl (C=O) groups is 2. The van der Waals surface area contributed by atoms with Gasteiger partial charge in [0.2, 0.25) is 5.91 Å². The highest BCUT2D eigenvalue weighted by Gasteiger charge is 2.24. The summed E-state index contributed by atoms with van der Waals surface area (Å²) in [6, 6.07) is -0.717. The molecule has 0 aromatic heterocycles. The third kappa shape index (κ3) is 44.2. The summed E-state index contributed by atoms with van der Waals surface area (Å²) in [5.41, 5.74) is 0. The van der Waals surface area contributed by atoms with E-state index in [1.165, 1.54) is 141 Å². The first-order valence-electron chi connectivity index (χ1n) is 26.4. The fourth-order valence-corrected chi connectivity index (χ4v) is 7.94. The van der Waals surface area contributed by atoms with Gasteiger partial charge in [-0.3, -0.25) is 9.59 Å². The van der Waals surface area contributed by atoms with Crippen molar-refractivity contribution in [3.05, 3.63) is 48.6 Å². The average molecular weight is 856 g/mol. The number of rotatable bonds is 47. The molecule has 0 aliphatic carbocycles. The smallest absolute Gasteiger partial charge is 0.306 e. The van der Waals surface area contributed by atoms with Gasteiger partial charge in [0.1, 0.15) is 6.10 Å².